The SMILES string of the molecule is COCC(=O)Nc1nc(-c2cccc(C#N)c2)cc(-c2cn(Cc3cccc(COC)n3)nn2)n1. The van der Waals surface area contributed by atoms with Gasteiger partial charge in [0, 0.05) is 19.8 Å². The number of rotatable bonds is 9. The number of pyridine rings is 1. The summed E-state index contributed by atoms with van der Waals surface area (Å²) < 4.78 is 11.7. The molecule has 176 valence electrons. The van der Waals surface area contributed by atoms with E-state index in [9.17, 15) is 10.1 Å². The summed E-state index contributed by atoms with van der Waals surface area (Å²) in [4.78, 5) is 25.5. The molecule has 0 bridgehead atoms. The molecule has 0 aliphatic rings. The molecule has 0 atom stereocenters. The number of anilines is 1. The van der Waals surface area contributed by atoms with Crippen LogP contribution < -0.4 is 5.32 Å². The zero-order valence-corrected chi connectivity index (χ0v) is 19.2. The third-order valence-electron chi connectivity index (χ3n) is 4.82. The molecule has 3 aromatic heterocycles. The molecule has 1 amide bonds. The van der Waals surface area contributed by atoms with Crippen molar-refractivity contribution in [2.24, 2.45) is 0 Å². The van der Waals surface area contributed by atoms with Crippen LogP contribution in [0.2, 0.25) is 0 Å². The van der Waals surface area contributed by atoms with E-state index in [0.29, 0.717) is 41.4 Å². The van der Waals surface area contributed by atoms with E-state index in [2.05, 4.69) is 36.7 Å². The number of nitrogens with zero attached hydrogens (tertiary/aromatic N) is 7. The Bertz CT molecular complexity index is 1380. The maximum Gasteiger partial charge on any atom is 0.252 e. The number of amides is 1. The van der Waals surface area contributed by atoms with Crippen LogP contribution >= 0.6 is 0 Å². The Morgan fingerprint density at radius 3 is 2.60 bits per heavy atom. The van der Waals surface area contributed by atoms with Gasteiger partial charge in [0.2, 0.25) is 5.95 Å². The summed E-state index contributed by atoms with van der Waals surface area (Å²) in [5, 5.41) is 20.3. The second-order valence-corrected chi connectivity index (χ2v) is 7.49. The molecule has 0 saturated heterocycles. The molecule has 1 N–H and O–H groups in total. The normalized spacial score (nSPS) is 10.7. The highest BCUT2D eigenvalue weighted by Gasteiger charge is 2.14. The second kappa shape index (κ2) is 11.1. The first-order valence-corrected chi connectivity index (χ1v) is 10.6. The van der Waals surface area contributed by atoms with Gasteiger partial charge in [-0.2, -0.15) is 5.26 Å². The highest BCUT2D eigenvalue weighted by molar-refractivity contribution is 5.90. The quantitative estimate of drug-likeness (QED) is 0.390. The largest absolute Gasteiger partial charge is 0.378 e. The van der Waals surface area contributed by atoms with Gasteiger partial charge in [0.05, 0.1) is 53.8 Å². The van der Waals surface area contributed by atoms with Gasteiger partial charge in [-0.15, -0.1) is 5.10 Å². The fraction of sp³-hybridized carbons (Fsp3) is 0.208. The van der Waals surface area contributed by atoms with Gasteiger partial charge >= 0.3 is 0 Å². The Balaban J connectivity index is 1.66. The van der Waals surface area contributed by atoms with Gasteiger partial charge in [0.25, 0.3) is 5.91 Å². The van der Waals surface area contributed by atoms with Gasteiger partial charge in [-0.3, -0.25) is 15.1 Å². The van der Waals surface area contributed by atoms with Crippen LogP contribution in [-0.2, 0) is 27.4 Å². The van der Waals surface area contributed by atoms with Crippen molar-refractivity contribution in [1.29, 1.82) is 5.26 Å². The van der Waals surface area contributed by atoms with Crippen molar-refractivity contribution >= 4 is 11.9 Å². The average Bonchev–Trinajstić information content (AvgIpc) is 3.33. The van der Waals surface area contributed by atoms with E-state index < -0.39 is 5.91 Å². The molecule has 4 rings (SSSR count). The molecular formula is C24H22N8O3. The monoisotopic (exact) mass is 470 g/mol. The van der Waals surface area contributed by atoms with Gasteiger partial charge in [-0.1, -0.05) is 23.4 Å². The number of nitriles is 1. The Labute approximate surface area is 201 Å². The lowest BCUT2D eigenvalue weighted by Crippen LogP contribution is -2.19. The Morgan fingerprint density at radius 1 is 1.00 bits per heavy atom. The molecule has 11 nitrogen and oxygen atoms in total. The Morgan fingerprint density at radius 2 is 1.80 bits per heavy atom. The zero-order valence-electron chi connectivity index (χ0n) is 19.2. The molecule has 0 aliphatic carbocycles. The van der Waals surface area contributed by atoms with Crippen molar-refractivity contribution in [3.63, 3.8) is 0 Å². The first-order valence-electron chi connectivity index (χ1n) is 10.6. The minimum absolute atomic E-state index is 0.0883. The molecule has 11 heteroatoms. The first-order chi connectivity index (χ1) is 17.1. The van der Waals surface area contributed by atoms with Gasteiger partial charge < -0.3 is 9.47 Å². The number of aromatic nitrogens is 6. The lowest BCUT2D eigenvalue weighted by molar-refractivity contribution is -0.119. The van der Waals surface area contributed by atoms with Crippen LogP contribution in [0.25, 0.3) is 22.6 Å². The van der Waals surface area contributed by atoms with E-state index >= 15 is 0 Å². The van der Waals surface area contributed by atoms with Crippen molar-refractivity contribution in [3.8, 4) is 28.7 Å². The van der Waals surface area contributed by atoms with E-state index in [0.717, 1.165) is 11.4 Å². The molecule has 35 heavy (non-hydrogen) atoms. The summed E-state index contributed by atoms with van der Waals surface area (Å²) in [5.74, 6) is -0.308. The minimum Gasteiger partial charge on any atom is -0.378 e. The number of benzene rings is 1. The molecule has 0 fully saturated rings. The van der Waals surface area contributed by atoms with Gasteiger partial charge in [-0.05, 0) is 30.3 Å². The molecule has 1 aromatic carbocycles. The van der Waals surface area contributed by atoms with Gasteiger partial charge in [-0.25, -0.2) is 14.6 Å². The third kappa shape index (κ3) is 6.08. The van der Waals surface area contributed by atoms with E-state index in [1.165, 1.54) is 7.11 Å². The molecule has 0 spiro atoms. The summed E-state index contributed by atoms with van der Waals surface area (Å²) >= 11 is 0. The maximum absolute atomic E-state index is 12.1. The lowest BCUT2D eigenvalue weighted by atomic mass is 10.1. The van der Waals surface area contributed by atoms with E-state index in [1.54, 1.807) is 42.3 Å². The Hall–Kier alpha value is -4.53. The standard InChI is InChI=1S/C24H22N8O3/c1-34-14-19-8-4-7-18(26-19)12-32-13-22(30-31-32)21-10-20(17-6-3-5-16(9-17)11-25)27-24(28-21)29-23(33)15-35-2/h3-10,13H,12,14-15H2,1-2H3,(H,27,28,29,33). The van der Waals surface area contributed by atoms with Crippen molar-refractivity contribution < 1.29 is 14.3 Å². The highest BCUT2D eigenvalue weighted by Crippen LogP contribution is 2.25. The van der Waals surface area contributed by atoms with Crippen molar-refractivity contribution in [1.82, 2.24) is 29.9 Å². The fourth-order valence-corrected chi connectivity index (χ4v) is 3.33. The number of ether oxygens (including phenoxy) is 2. The van der Waals surface area contributed by atoms with E-state index in [4.69, 9.17) is 9.47 Å². The number of carbonyl (C=O) groups excluding carboxylic acids is 1. The summed E-state index contributed by atoms with van der Waals surface area (Å²) in [6, 6.07) is 16.5. The fourth-order valence-electron chi connectivity index (χ4n) is 3.33. The number of hydrogen-bond donors (Lipinski definition) is 1. The smallest absolute Gasteiger partial charge is 0.252 e. The molecule has 0 radical (unpaired) electrons. The predicted molar refractivity (Wildman–Crippen MR) is 126 cm³/mol. The van der Waals surface area contributed by atoms with Crippen molar-refractivity contribution in [2.75, 3.05) is 26.1 Å². The topological polar surface area (TPSA) is 141 Å². The summed E-state index contributed by atoms with van der Waals surface area (Å²) in [6.45, 7) is 0.688. The molecule has 0 unspecified atom stereocenters. The number of nitrogens with one attached hydrogen (secondary N) is 1. The third-order valence-corrected chi connectivity index (χ3v) is 4.82. The van der Waals surface area contributed by atoms with Crippen molar-refractivity contribution in [3.05, 3.63) is 71.7 Å². The van der Waals surface area contributed by atoms with Crippen LogP contribution in [0.4, 0.5) is 5.95 Å². The lowest BCUT2D eigenvalue weighted by Gasteiger charge is -2.08. The van der Waals surface area contributed by atoms with Crippen LogP contribution in [0.5, 0.6) is 0 Å². The van der Waals surface area contributed by atoms with Gasteiger partial charge in [0.15, 0.2) is 0 Å². The molecule has 4 aromatic rings. The maximum atomic E-state index is 12.1. The Kier molecular flexibility index (Phi) is 7.47. The highest BCUT2D eigenvalue weighted by atomic mass is 16.5. The van der Waals surface area contributed by atoms with Crippen molar-refractivity contribution in [2.45, 2.75) is 13.2 Å². The molecule has 0 saturated carbocycles. The average molecular weight is 470 g/mol. The van der Waals surface area contributed by atoms with Crippen LogP contribution in [0.1, 0.15) is 17.0 Å². The minimum atomic E-state index is -0.396. The summed E-state index contributed by atoms with van der Waals surface area (Å²) in [7, 11) is 3.05. The van der Waals surface area contributed by atoms with Gasteiger partial charge in [0.1, 0.15) is 12.3 Å². The number of carbonyl (C=O) groups is 1. The number of hydrogen-bond acceptors (Lipinski definition) is 9. The van der Waals surface area contributed by atoms with Crippen LogP contribution in [-0.4, -0.2) is 56.7 Å². The van der Waals surface area contributed by atoms with E-state index in [-0.39, 0.29) is 12.6 Å². The molecule has 3 heterocycles. The summed E-state index contributed by atoms with van der Waals surface area (Å²) in [6.07, 6.45) is 1.74. The molecule has 0 aliphatic heterocycles. The zero-order chi connectivity index (χ0) is 24.6. The first kappa shape index (κ1) is 23.6. The van der Waals surface area contributed by atoms with Crippen LogP contribution in [0.3, 0.4) is 0 Å². The van der Waals surface area contributed by atoms with Crippen LogP contribution in [0.15, 0.2) is 54.7 Å². The predicted octanol–water partition coefficient (Wildman–Crippen LogP) is 2.45. The molecular weight excluding hydrogens is 448 g/mol. The second-order valence-electron chi connectivity index (χ2n) is 7.49. The van der Waals surface area contributed by atoms with Crippen LogP contribution in [0, 0.1) is 11.3 Å². The number of methoxy groups -OCH3 is 2. The van der Waals surface area contributed by atoms with E-state index in [1.807, 2.05) is 24.3 Å². The summed E-state index contributed by atoms with van der Waals surface area (Å²) in [5.41, 5.74) is 4.27.